The number of hydrogen-bond donors (Lipinski definition) is 2. The summed E-state index contributed by atoms with van der Waals surface area (Å²) < 4.78 is 0. The lowest BCUT2D eigenvalue weighted by molar-refractivity contribution is -0.121. The number of amides is 1. The van der Waals surface area contributed by atoms with E-state index in [2.05, 4.69) is 10.6 Å². The molecule has 0 atom stereocenters. The average molecular weight is 188 g/mol. The number of hydrogen-bond acceptors (Lipinski definition) is 2. The maximum absolute atomic E-state index is 11.2. The average Bonchev–Trinajstić information content (AvgIpc) is 1.82. The third-order valence-electron chi connectivity index (χ3n) is 1.11. The Hall–Kier alpha value is -0.640. The Bertz CT molecular complexity index is 184. The summed E-state index contributed by atoms with van der Waals surface area (Å²) in [5, 5.41) is 5.57. The minimum absolute atomic E-state index is 0.0400. The van der Waals surface area contributed by atoms with Gasteiger partial charge in [0.05, 0.1) is 11.4 Å². The van der Waals surface area contributed by atoms with Gasteiger partial charge in [0.1, 0.15) is 0 Å². The molecule has 0 radical (unpaired) electrons. The minimum atomic E-state index is -0.180. The van der Waals surface area contributed by atoms with E-state index in [0.717, 1.165) is 0 Å². The number of nitrogens with one attached hydrogen (secondary N) is 2. The first kappa shape index (κ1) is 11.4. The second-order valence-electron chi connectivity index (χ2n) is 3.65. The zero-order valence-electron chi connectivity index (χ0n) is 8.02. The third kappa shape index (κ3) is 6.09. The number of thiocarbonyl (C=S) groups is 1. The molecular formula is C8H16N2OS. The van der Waals surface area contributed by atoms with Crippen molar-refractivity contribution in [1.29, 1.82) is 0 Å². The van der Waals surface area contributed by atoms with Gasteiger partial charge in [-0.2, -0.15) is 0 Å². The quantitative estimate of drug-likeness (QED) is 0.631. The number of carbonyl (C=O) groups is 1. The van der Waals surface area contributed by atoms with Crippen LogP contribution < -0.4 is 10.6 Å². The molecule has 3 nitrogen and oxygen atoms in total. The molecule has 0 saturated heterocycles. The van der Waals surface area contributed by atoms with Crippen LogP contribution in [-0.4, -0.2) is 23.5 Å². The van der Waals surface area contributed by atoms with Crippen LogP contribution in [0, 0.1) is 0 Å². The van der Waals surface area contributed by atoms with E-state index in [1.54, 1.807) is 7.05 Å². The van der Waals surface area contributed by atoms with Gasteiger partial charge in [0, 0.05) is 12.6 Å². The number of carbonyl (C=O) groups excluding carboxylic acids is 1. The zero-order valence-corrected chi connectivity index (χ0v) is 8.84. The fraction of sp³-hybridized carbons (Fsp3) is 0.750. The molecule has 12 heavy (non-hydrogen) atoms. The highest BCUT2D eigenvalue weighted by atomic mass is 32.1. The van der Waals surface area contributed by atoms with Gasteiger partial charge in [-0.3, -0.25) is 4.79 Å². The van der Waals surface area contributed by atoms with Crippen LogP contribution in [0.25, 0.3) is 0 Å². The van der Waals surface area contributed by atoms with Gasteiger partial charge >= 0.3 is 0 Å². The smallest absolute Gasteiger partial charge is 0.227 e. The Morgan fingerprint density at radius 3 is 2.25 bits per heavy atom. The summed E-state index contributed by atoms with van der Waals surface area (Å²) in [5.74, 6) is -0.0400. The maximum Gasteiger partial charge on any atom is 0.227 e. The van der Waals surface area contributed by atoms with Crippen molar-refractivity contribution in [3.8, 4) is 0 Å². The topological polar surface area (TPSA) is 41.1 Å². The van der Waals surface area contributed by atoms with E-state index in [-0.39, 0.29) is 17.9 Å². The van der Waals surface area contributed by atoms with Crippen LogP contribution in [0.3, 0.4) is 0 Å². The highest BCUT2D eigenvalue weighted by Gasteiger charge is 2.13. The summed E-state index contributed by atoms with van der Waals surface area (Å²) in [7, 11) is 1.71. The molecule has 4 heteroatoms. The molecule has 1 amide bonds. The zero-order chi connectivity index (χ0) is 9.78. The lowest BCUT2D eigenvalue weighted by atomic mass is 10.1. The van der Waals surface area contributed by atoms with Crippen LogP contribution in [-0.2, 0) is 4.79 Å². The molecule has 0 heterocycles. The van der Waals surface area contributed by atoms with Crippen molar-refractivity contribution in [2.45, 2.75) is 32.7 Å². The summed E-state index contributed by atoms with van der Waals surface area (Å²) in [6, 6.07) is 0. The molecule has 2 N–H and O–H groups in total. The van der Waals surface area contributed by atoms with Crippen LogP contribution in [0.15, 0.2) is 0 Å². The molecule has 0 aromatic rings. The summed E-state index contributed by atoms with van der Waals surface area (Å²) in [4.78, 5) is 11.8. The molecule has 0 rings (SSSR count). The van der Waals surface area contributed by atoms with Gasteiger partial charge in [-0.25, -0.2) is 0 Å². The SMILES string of the molecule is CNC(=S)CC(=O)NC(C)(C)C. The van der Waals surface area contributed by atoms with Gasteiger partial charge in [0.2, 0.25) is 5.91 Å². The standard InChI is InChI=1S/C8H16N2OS/c1-8(2,3)10-6(11)5-7(12)9-4/h5H2,1-4H3,(H,9,12)(H,10,11). The summed E-state index contributed by atoms with van der Waals surface area (Å²) in [5.41, 5.74) is -0.180. The Balaban J connectivity index is 3.83. The Morgan fingerprint density at radius 2 is 1.92 bits per heavy atom. The van der Waals surface area contributed by atoms with Gasteiger partial charge in [0.15, 0.2) is 0 Å². The second-order valence-corrected chi connectivity index (χ2v) is 4.14. The lowest BCUT2D eigenvalue weighted by Crippen LogP contribution is -2.42. The van der Waals surface area contributed by atoms with E-state index >= 15 is 0 Å². The van der Waals surface area contributed by atoms with Crippen molar-refractivity contribution in [1.82, 2.24) is 10.6 Å². The van der Waals surface area contributed by atoms with Gasteiger partial charge < -0.3 is 10.6 Å². The summed E-state index contributed by atoms with van der Waals surface area (Å²) in [6.07, 6.45) is 0.267. The molecule has 0 spiro atoms. The molecule has 0 aliphatic rings. The Labute approximate surface area is 78.9 Å². The van der Waals surface area contributed by atoms with E-state index < -0.39 is 0 Å². The second kappa shape index (κ2) is 4.40. The Morgan fingerprint density at radius 1 is 1.42 bits per heavy atom. The van der Waals surface area contributed by atoms with Crippen molar-refractivity contribution in [2.75, 3.05) is 7.05 Å². The third-order valence-corrected chi connectivity index (χ3v) is 1.46. The van der Waals surface area contributed by atoms with Gasteiger partial charge in [-0.1, -0.05) is 12.2 Å². The van der Waals surface area contributed by atoms with Gasteiger partial charge in [-0.05, 0) is 20.8 Å². The van der Waals surface area contributed by atoms with Crippen LogP contribution in [0.1, 0.15) is 27.2 Å². The molecule has 0 aromatic carbocycles. The van der Waals surface area contributed by atoms with Gasteiger partial charge in [0.25, 0.3) is 0 Å². The molecule has 0 aromatic heterocycles. The van der Waals surface area contributed by atoms with E-state index in [9.17, 15) is 4.79 Å². The molecule has 0 aliphatic heterocycles. The fourth-order valence-electron chi connectivity index (χ4n) is 0.697. The first-order chi connectivity index (χ1) is 5.35. The predicted molar refractivity (Wildman–Crippen MR) is 54.2 cm³/mol. The number of rotatable bonds is 2. The van der Waals surface area contributed by atoms with Crippen molar-refractivity contribution in [3.63, 3.8) is 0 Å². The maximum atomic E-state index is 11.2. The molecular weight excluding hydrogens is 172 g/mol. The molecule has 0 aliphatic carbocycles. The van der Waals surface area contributed by atoms with E-state index in [4.69, 9.17) is 12.2 Å². The van der Waals surface area contributed by atoms with Crippen molar-refractivity contribution >= 4 is 23.1 Å². The van der Waals surface area contributed by atoms with Crippen LogP contribution in [0.5, 0.6) is 0 Å². The lowest BCUT2D eigenvalue weighted by Gasteiger charge is -2.20. The highest BCUT2D eigenvalue weighted by molar-refractivity contribution is 7.80. The van der Waals surface area contributed by atoms with Crippen LogP contribution in [0.2, 0.25) is 0 Å². The largest absolute Gasteiger partial charge is 0.382 e. The molecule has 70 valence electrons. The molecule has 0 bridgehead atoms. The van der Waals surface area contributed by atoms with Crippen molar-refractivity contribution in [3.05, 3.63) is 0 Å². The van der Waals surface area contributed by atoms with Crippen LogP contribution >= 0.6 is 12.2 Å². The molecule has 0 fully saturated rings. The minimum Gasteiger partial charge on any atom is -0.382 e. The summed E-state index contributed by atoms with van der Waals surface area (Å²) >= 11 is 4.85. The van der Waals surface area contributed by atoms with Crippen LogP contribution in [0.4, 0.5) is 0 Å². The Kier molecular flexibility index (Phi) is 4.17. The highest BCUT2D eigenvalue weighted by Crippen LogP contribution is 1.99. The van der Waals surface area contributed by atoms with E-state index in [1.165, 1.54) is 0 Å². The van der Waals surface area contributed by atoms with Crippen molar-refractivity contribution < 1.29 is 4.79 Å². The van der Waals surface area contributed by atoms with Crippen molar-refractivity contribution in [2.24, 2.45) is 0 Å². The van der Waals surface area contributed by atoms with Gasteiger partial charge in [-0.15, -0.1) is 0 Å². The molecule has 0 saturated carbocycles. The van der Waals surface area contributed by atoms with E-state index in [0.29, 0.717) is 4.99 Å². The first-order valence-corrected chi connectivity index (χ1v) is 4.27. The first-order valence-electron chi connectivity index (χ1n) is 3.87. The fourth-order valence-corrected chi connectivity index (χ4v) is 0.828. The van der Waals surface area contributed by atoms with E-state index in [1.807, 2.05) is 20.8 Å². The monoisotopic (exact) mass is 188 g/mol. The normalized spacial score (nSPS) is 10.7. The molecule has 0 unspecified atom stereocenters. The predicted octanol–water partition coefficient (Wildman–Crippen LogP) is 0.838. The summed E-state index contributed by atoms with van der Waals surface area (Å²) in [6.45, 7) is 5.81.